The number of allylic oxidation sites excluding steroid dienone is 1. The van der Waals surface area contributed by atoms with Crippen LogP contribution in [0.15, 0.2) is 48.9 Å². The molecule has 0 unspecified atom stereocenters. The van der Waals surface area contributed by atoms with Gasteiger partial charge in [0, 0.05) is 42.4 Å². The molecule has 2 aliphatic rings. The monoisotopic (exact) mass is 429 g/mol. The van der Waals surface area contributed by atoms with Gasteiger partial charge in [-0.3, -0.25) is 0 Å². The van der Waals surface area contributed by atoms with Crippen molar-refractivity contribution in [1.82, 2.24) is 19.4 Å². The van der Waals surface area contributed by atoms with E-state index in [2.05, 4.69) is 69.6 Å². The number of hydrogen-bond acceptors (Lipinski definition) is 4. The lowest BCUT2D eigenvalue weighted by molar-refractivity contribution is 0.0675. The molecule has 1 aromatic carbocycles. The summed E-state index contributed by atoms with van der Waals surface area (Å²) in [7, 11) is 2.06. The molecule has 1 N–H and O–H groups in total. The highest BCUT2D eigenvalue weighted by Crippen LogP contribution is 2.41. The third kappa shape index (κ3) is 4.18. The highest BCUT2D eigenvalue weighted by Gasteiger charge is 2.34. The third-order valence-corrected chi connectivity index (χ3v) is 7.77. The maximum atomic E-state index is 4.65. The molecule has 1 saturated heterocycles. The van der Waals surface area contributed by atoms with Gasteiger partial charge in [0.15, 0.2) is 0 Å². The van der Waals surface area contributed by atoms with Gasteiger partial charge in [-0.2, -0.15) is 0 Å². The van der Waals surface area contributed by atoms with E-state index >= 15 is 0 Å². The van der Waals surface area contributed by atoms with Crippen molar-refractivity contribution in [2.75, 3.05) is 25.0 Å². The van der Waals surface area contributed by atoms with Crippen molar-refractivity contribution < 1.29 is 0 Å². The lowest BCUT2D eigenvalue weighted by Gasteiger charge is -2.44. The zero-order valence-corrected chi connectivity index (χ0v) is 19.7. The van der Waals surface area contributed by atoms with Gasteiger partial charge in [-0.1, -0.05) is 32.1 Å². The largest absolute Gasteiger partial charge is 0.344 e. The molecule has 3 heterocycles. The first-order valence-corrected chi connectivity index (χ1v) is 12.0. The Morgan fingerprint density at radius 1 is 1.12 bits per heavy atom. The van der Waals surface area contributed by atoms with Crippen LogP contribution in [0.2, 0.25) is 0 Å². The predicted molar refractivity (Wildman–Crippen MR) is 133 cm³/mol. The molecule has 2 fully saturated rings. The molecule has 0 bridgehead atoms. The molecule has 3 aromatic rings. The van der Waals surface area contributed by atoms with E-state index in [4.69, 9.17) is 0 Å². The number of pyridine rings is 1. The van der Waals surface area contributed by atoms with E-state index in [1.165, 1.54) is 62.7 Å². The Morgan fingerprint density at radius 2 is 1.91 bits per heavy atom. The molecule has 0 atom stereocenters. The van der Waals surface area contributed by atoms with Gasteiger partial charge in [0.2, 0.25) is 0 Å². The Balaban J connectivity index is 1.25. The van der Waals surface area contributed by atoms with Gasteiger partial charge in [0.1, 0.15) is 11.6 Å². The quantitative estimate of drug-likeness (QED) is 0.540. The third-order valence-electron chi connectivity index (χ3n) is 7.77. The topological polar surface area (TPSA) is 46.0 Å². The summed E-state index contributed by atoms with van der Waals surface area (Å²) in [6.07, 6.45) is 10.5. The highest BCUT2D eigenvalue weighted by molar-refractivity contribution is 5.88. The summed E-state index contributed by atoms with van der Waals surface area (Å²) in [4.78, 5) is 11.8. The Bertz CT molecular complexity index is 1130. The number of aryl methyl sites for hydroxylation is 1. The molecule has 0 amide bonds. The second-order valence-electron chi connectivity index (χ2n) is 10.2. The van der Waals surface area contributed by atoms with Crippen LogP contribution in [0.5, 0.6) is 0 Å². The van der Waals surface area contributed by atoms with Crippen LogP contribution in [0, 0.1) is 18.3 Å². The number of benzene rings is 1. The van der Waals surface area contributed by atoms with Crippen LogP contribution < -0.4 is 5.32 Å². The summed E-state index contributed by atoms with van der Waals surface area (Å²) in [6.45, 7) is 12.5. The summed E-state index contributed by atoms with van der Waals surface area (Å²) in [5.41, 5.74) is 3.97. The number of fused-ring (bicyclic) bond motifs is 1. The van der Waals surface area contributed by atoms with Gasteiger partial charge in [-0.05, 0) is 68.6 Å². The Labute approximate surface area is 191 Å². The molecule has 5 heteroatoms. The van der Waals surface area contributed by atoms with Crippen LogP contribution in [0.3, 0.4) is 0 Å². The number of piperidine rings is 1. The zero-order valence-electron chi connectivity index (χ0n) is 19.7. The van der Waals surface area contributed by atoms with Crippen molar-refractivity contribution in [1.29, 1.82) is 0 Å². The number of nitrogens with one attached hydrogen (secondary N) is 1. The van der Waals surface area contributed by atoms with Crippen molar-refractivity contribution in [3.63, 3.8) is 0 Å². The lowest BCUT2D eigenvalue weighted by Crippen LogP contribution is -2.44. The van der Waals surface area contributed by atoms with E-state index in [0.717, 1.165) is 28.4 Å². The van der Waals surface area contributed by atoms with Gasteiger partial charge in [-0.25, -0.2) is 9.97 Å². The number of rotatable bonds is 6. The minimum Gasteiger partial charge on any atom is -0.344 e. The van der Waals surface area contributed by atoms with E-state index in [1.807, 2.05) is 19.3 Å². The molecule has 1 aliphatic carbocycles. The second-order valence-corrected chi connectivity index (χ2v) is 10.2. The zero-order chi connectivity index (χ0) is 22.3. The minimum absolute atomic E-state index is 0.515. The van der Waals surface area contributed by atoms with Crippen molar-refractivity contribution in [2.24, 2.45) is 18.4 Å². The average molecular weight is 430 g/mol. The molecule has 168 valence electrons. The molecular formula is C27H35N5. The summed E-state index contributed by atoms with van der Waals surface area (Å²) < 4.78 is 2.13. The Morgan fingerprint density at radius 3 is 2.56 bits per heavy atom. The van der Waals surface area contributed by atoms with Gasteiger partial charge >= 0.3 is 0 Å². The molecule has 5 nitrogen and oxygen atoms in total. The SMILES string of the molecule is C=C(Nc1cc2cc(-c3cnc(C)n3C)ccc2cn1)C1CCN(CC2(C)CCC2)CC1. The molecule has 5 rings (SSSR count). The van der Waals surface area contributed by atoms with Crippen LogP contribution in [-0.4, -0.2) is 39.1 Å². The van der Waals surface area contributed by atoms with Crippen molar-refractivity contribution in [2.45, 2.75) is 46.0 Å². The fraction of sp³-hybridized carbons (Fsp3) is 0.481. The van der Waals surface area contributed by atoms with Crippen LogP contribution in [-0.2, 0) is 7.05 Å². The number of nitrogens with zero attached hydrogens (tertiary/aromatic N) is 4. The van der Waals surface area contributed by atoms with E-state index in [9.17, 15) is 0 Å². The molecule has 0 spiro atoms. The van der Waals surface area contributed by atoms with E-state index < -0.39 is 0 Å². The normalized spacial score (nSPS) is 19.1. The second kappa shape index (κ2) is 8.36. The van der Waals surface area contributed by atoms with Crippen LogP contribution in [0.1, 0.15) is 44.9 Å². The van der Waals surface area contributed by atoms with Gasteiger partial charge in [0.05, 0.1) is 11.9 Å². The maximum Gasteiger partial charge on any atom is 0.130 e. The number of likely N-dealkylation sites (tertiary alicyclic amines) is 1. The van der Waals surface area contributed by atoms with Crippen molar-refractivity contribution >= 4 is 16.6 Å². The highest BCUT2D eigenvalue weighted by atomic mass is 15.1. The smallest absolute Gasteiger partial charge is 0.130 e. The van der Waals surface area contributed by atoms with E-state index in [-0.39, 0.29) is 0 Å². The molecular weight excluding hydrogens is 394 g/mol. The first-order chi connectivity index (χ1) is 15.4. The van der Waals surface area contributed by atoms with Gasteiger partial charge in [0.25, 0.3) is 0 Å². The fourth-order valence-corrected chi connectivity index (χ4v) is 5.32. The average Bonchev–Trinajstić information content (AvgIpc) is 3.11. The first kappa shape index (κ1) is 21.2. The number of aromatic nitrogens is 3. The van der Waals surface area contributed by atoms with Crippen LogP contribution in [0.4, 0.5) is 5.82 Å². The van der Waals surface area contributed by atoms with E-state index in [0.29, 0.717) is 11.3 Å². The molecule has 2 aromatic heterocycles. The first-order valence-electron chi connectivity index (χ1n) is 12.0. The van der Waals surface area contributed by atoms with E-state index in [1.54, 1.807) is 0 Å². The Hall–Kier alpha value is -2.66. The van der Waals surface area contributed by atoms with Crippen molar-refractivity contribution in [3.8, 4) is 11.3 Å². The van der Waals surface area contributed by atoms with Crippen LogP contribution >= 0.6 is 0 Å². The van der Waals surface area contributed by atoms with Gasteiger partial charge < -0.3 is 14.8 Å². The predicted octanol–water partition coefficient (Wildman–Crippen LogP) is 5.77. The van der Waals surface area contributed by atoms with Gasteiger partial charge in [-0.15, -0.1) is 0 Å². The summed E-state index contributed by atoms with van der Waals surface area (Å²) in [5.74, 6) is 2.41. The molecule has 0 radical (unpaired) electrons. The summed E-state index contributed by atoms with van der Waals surface area (Å²) >= 11 is 0. The fourth-order valence-electron chi connectivity index (χ4n) is 5.32. The maximum absolute atomic E-state index is 4.65. The lowest BCUT2D eigenvalue weighted by atomic mass is 9.70. The number of anilines is 1. The Kier molecular flexibility index (Phi) is 5.54. The summed E-state index contributed by atoms with van der Waals surface area (Å²) in [5, 5.41) is 5.84. The van der Waals surface area contributed by atoms with Crippen molar-refractivity contribution in [3.05, 3.63) is 54.8 Å². The standard InChI is InChI=1S/C27H35N5/c1-19(21-8-12-32(13-9-21)18-27(3)10-5-11-27)30-26-15-24-14-22(6-7-23(24)16-29-26)25-17-28-20(2)31(25)4/h6-7,14-17,21H,1,5,8-13,18H2,2-4H3,(H,29,30). The number of imidazole rings is 1. The summed E-state index contributed by atoms with van der Waals surface area (Å²) in [6, 6.07) is 8.64. The number of hydrogen-bond donors (Lipinski definition) is 1. The molecule has 1 aliphatic heterocycles. The van der Waals surface area contributed by atoms with Crippen LogP contribution in [0.25, 0.3) is 22.0 Å². The minimum atomic E-state index is 0.515. The molecule has 1 saturated carbocycles. The molecule has 32 heavy (non-hydrogen) atoms.